The Balaban J connectivity index is 1.50. The molecule has 8 rings (SSSR count). The molecule has 31 heavy (non-hydrogen) atoms. The first kappa shape index (κ1) is 15.8. The number of fused-ring (bicyclic) bond motifs is 14. The highest BCUT2D eigenvalue weighted by molar-refractivity contribution is 6.14. The standard InChI is InChI=1S/C28H17N3/c1-2-5-18-16(4-1)14-22-19(18)8-7-17-15-23-20(25(17)22)9-10-21-26(23)28-30-12-13-31(28)24-6-3-11-29-27(21)24/h1-13H,14-15H2. The molecule has 3 aromatic heterocycles. The van der Waals surface area contributed by atoms with Crippen LogP contribution in [0, 0.1) is 0 Å². The third kappa shape index (κ3) is 1.85. The van der Waals surface area contributed by atoms with Gasteiger partial charge in [-0.25, -0.2) is 4.98 Å². The maximum atomic E-state index is 4.78. The van der Waals surface area contributed by atoms with E-state index in [0.717, 1.165) is 29.5 Å². The van der Waals surface area contributed by atoms with Gasteiger partial charge in [0.25, 0.3) is 0 Å². The van der Waals surface area contributed by atoms with Gasteiger partial charge in [0.15, 0.2) is 0 Å². The molecule has 0 bridgehead atoms. The lowest BCUT2D eigenvalue weighted by molar-refractivity contribution is 1.23. The van der Waals surface area contributed by atoms with Crippen molar-refractivity contribution in [2.75, 3.05) is 0 Å². The Bertz CT molecular complexity index is 1740. The lowest BCUT2D eigenvalue weighted by Gasteiger charge is -2.12. The number of rotatable bonds is 0. The van der Waals surface area contributed by atoms with Gasteiger partial charge >= 0.3 is 0 Å². The number of benzene rings is 3. The van der Waals surface area contributed by atoms with Crippen molar-refractivity contribution in [1.82, 2.24) is 14.4 Å². The van der Waals surface area contributed by atoms with Crippen LogP contribution >= 0.6 is 0 Å². The second-order valence-corrected chi connectivity index (χ2v) is 8.64. The molecule has 0 fully saturated rings. The molecule has 144 valence electrons. The number of nitrogens with zero attached hydrogens (tertiary/aromatic N) is 3. The zero-order valence-corrected chi connectivity index (χ0v) is 16.8. The van der Waals surface area contributed by atoms with Crippen LogP contribution in [-0.4, -0.2) is 14.4 Å². The summed E-state index contributed by atoms with van der Waals surface area (Å²) in [5, 5.41) is 2.44. The molecule has 2 aliphatic carbocycles. The third-order valence-corrected chi connectivity index (χ3v) is 7.19. The Morgan fingerprint density at radius 2 is 1.58 bits per heavy atom. The monoisotopic (exact) mass is 395 g/mol. The number of pyridine rings is 2. The Morgan fingerprint density at radius 3 is 2.58 bits per heavy atom. The lowest BCUT2D eigenvalue weighted by Crippen LogP contribution is -1.95. The fraction of sp³-hybridized carbons (Fsp3) is 0.0714. The molecular formula is C28H17N3. The molecule has 3 nitrogen and oxygen atoms in total. The fourth-order valence-electron chi connectivity index (χ4n) is 5.93. The summed E-state index contributed by atoms with van der Waals surface area (Å²) in [7, 11) is 0. The Hall–Kier alpha value is -3.98. The summed E-state index contributed by atoms with van der Waals surface area (Å²) < 4.78 is 2.19. The molecule has 0 atom stereocenters. The molecule has 0 spiro atoms. The normalized spacial score (nSPS) is 13.5. The molecule has 3 heteroatoms. The quantitative estimate of drug-likeness (QED) is 0.287. The molecule has 2 aliphatic rings. The van der Waals surface area contributed by atoms with E-state index in [2.05, 4.69) is 65.2 Å². The van der Waals surface area contributed by atoms with Gasteiger partial charge in [-0.1, -0.05) is 48.5 Å². The van der Waals surface area contributed by atoms with Crippen molar-refractivity contribution in [2.45, 2.75) is 12.8 Å². The van der Waals surface area contributed by atoms with Crippen LogP contribution in [0.5, 0.6) is 0 Å². The van der Waals surface area contributed by atoms with Crippen molar-refractivity contribution in [3.63, 3.8) is 0 Å². The van der Waals surface area contributed by atoms with Crippen LogP contribution in [-0.2, 0) is 12.8 Å². The number of imidazole rings is 1. The number of hydrogen-bond acceptors (Lipinski definition) is 2. The van der Waals surface area contributed by atoms with Gasteiger partial charge in [0.05, 0.1) is 11.0 Å². The molecule has 0 saturated heterocycles. The van der Waals surface area contributed by atoms with Crippen LogP contribution in [0.15, 0.2) is 79.3 Å². The predicted octanol–water partition coefficient (Wildman–Crippen LogP) is 6.18. The number of aromatic nitrogens is 3. The summed E-state index contributed by atoms with van der Waals surface area (Å²) in [6.45, 7) is 0. The SMILES string of the molecule is c1ccc2c(c1)Cc1c-2ccc2c1-c1ccc3c4ncccc4n4ccnc4c3c1C2. The molecule has 0 aliphatic heterocycles. The van der Waals surface area contributed by atoms with Crippen LogP contribution in [0.25, 0.3) is 49.7 Å². The van der Waals surface area contributed by atoms with Gasteiger partial charge in [-0.2, -0.15) is 0 Å². The Kier molecular flexibility index (Phi) is 2.74. The zero-order chi connectivity index (χ0) is 20.1. The van der Waals surface area contributed by atoms with Crippen molar-refractivity contribution < 1.29 is 0 Å². The zero-order valence-electron chi connectivity index (χ0n) is 16.8. The summed E-state index contributed by atoms with van der Waals surface area (Å²) >= 11 is 0. The van der Waals surface area contributed by atoms with Gasteiger partial charge in [-0.05, 0) is 69.5 Å². The molecule has 3 aromatic carbocycles. The van der Waals surface area contributed by atoms with E-state index in [0.29, 0.717) is 0 Å². The first-order valence-electron chi connectivity index (χ1n) is 10.8. The largest absolute Gasteiger partial charge is 0.298 e. The van der Waals surface area contributed by atoms with Gasteiger partial charge in [0.2, 0.25) is 0 Å². The first-order valence-corrected chi connectivity index (χ1v) is 10.8. The van der Waals surface area contributed by atoms with Crippen molar-refractivity contribution in [1.29, 1.82) is 0 Å². The van der Waals surface area contributed by atoms with Crippen molar-refractivity contribution in [2.24, 2.45) is 0 Å². The summed E-state index contributed by atoms with van der Waals surface area (Å²) in [5.41, 5.74) is 14.5. The molecular weight excluding hydrogens is 378 g/mol. The Morgan fingerprint density at radius 1 is 0.677 bits per heavy atom. The summed E-state index contributed by atoms with van der Waals surface area (Å²) in [5.74, 6) is 0. The average molecular weight is 395 g/mol. The second-order valence-electron chi connectivity index (χ2n) is 8.64. The van der Waals surface area contributed by atoms with E-state index in [-0.39, 0.29) is 0 Å². The van der Waals surface area contributed by atoms with Crippen LogP contribution in [0.1, 0.15) is 22.3 Å². The minimum atomic E-state index is 0.951. The molecule has 0 unspecified atom stereocenters. The van der Waals surface area contributed by atoms with Gasteiger partial charge in [-0.15, -0.1) is 0 Å². The van der Waals surface area contributed by atoms with E-state index in [4.69, 9.17) is 9.97 Å². The Labute approximate surface area is 178 Å². The third-order valence-electron chi connectivity index (χ3n) is 7.19. The van der Waals surface area contributed by atoms with Crippen LogP contribution < -0.4 is 0 Å². The van der Waals surface area contributed by atoms with Gasteiger partial charge < -0.3 is 0 Å². The summed E-state index contributed by atoms with van der Waals surface area (Å²) in [4.78, 5) is 9.53. The van der Waals surface area contributed by atoms with Crippen LogP contribution in [0.4, 0.5) is 0 Å². The highest BCUT2D eigenvalue weighted by atomic mass is 15.0. The second kappa shape index (κ2) is 5.38. The van der Waals surface area contributed by atoms with Crippen LogP contribution in [0.2, 0.25) is 0 Å². The maximum absolute atomic E-state index is 4.78. The molecule has 0 amide bonds. The molecule has 0 N–H and O–H groups in total. The number of hydrogen-bond donors (Lipinski definition) is 0. The van der Waals surface area contributed by atoms with E-state index >= 15 is 0 Å². The molecule has 0 radical (unpaired) electrons. The minimum absolute atomic E-state index is 0.951. The van der Waals surface area contributed by atoms with Gasteiger partial charge in [-0.3, -0.25) is 9.38 Å². The average Bonchev–Trinajstić information content (AvgIpc) is 3.53. The van der Waals surface area contributed by atoms with Gasteiger partial charge in [0, 0.05) is 29.4 Å². The van der Waals surface area contributed by atoms with Gasteiger partial charge in [0.1, 0.15) is 5.65 Å². The van der Waals surface area contributed by atoms with Crippen molar-refractivity contribution in [3.8, 4) is 22.3 Å². The van der Waals surface area contributed by atoms with E-state index in [1.165, 1.54) is 55.3 Å². The lowest BCUT2D eigenvalue weighted by atomic mass is 9.94. The first-order chi connectivity index (χ1) is 15.4. The van der Waals surface area contributed by atoms with Crippen molar-refractivity contribution in [3.05, 3.63) is 102 Å². The molecule has 6 aromatic rings. The van der Waals surface area contributed by atoms with Crippen molar-refractivity contribution >= 4 is 27.5 Å². The van der Waals surface area contributed by atoms with E-state index in [1.807, 2.05) is 18.5 Å². The highest BCUT2D eigenvalue weighted by Gasteiger charge is 2.30. The minimum Gasteiger partial charge on any atom is -0.298 e. The summed E-state index contributed by atoms with van der Waals surface area (Å²) in [6, 6.07) is 22.2. The van der Waals surface area contributed by atoms with E-state index in [1.54, 1.807) is 0 Å². The summed E-state index contributed by atoms with van der Waals surface area (Å²) in [6.07, 6.45) is 7.80. The van der Waals surface area contributed by atoms with Crippen LogP contribution in [0.3, 0.4) is 0 Å². The topological polar surface area (TPSA) is 30.2 Å². The highest BCUT2D eigenvalue weighted by Crippen LogP contribution is 2.49. The van der Waals surface area contributed by atoms with E-state index < -0.39 is 0 Å². The fourth-order valence-corrected chi connectivity index (χ4v) is 5.93. The maximum Gasteiger partial charge on any atom is 0.145 e. The van der Waals surface area contributed by atoms with E-state index in [9.17, 15) is 0 Å². The molecule has 3 heterocycles. The smallest absolute Gasteiger partial charge is 0.145 e. The predicted molar refractivity (Wildman–Crippen MR) is 124 cm³/mol. The molecule has 0 saturated carbocycles.